The molecule has 5 rings (SSSR count). The summed E-state index contributed by atoms with van der Waals surface area (Å²) < 4.78 is 5.59. The van der Waals surface area contributed by atoms with Crippen LogP contribution in [0.2, 0.25) is 0 Å². The normalized spacial score (nSPS) is 10.9. The Labute approximate surface area is 178 Å². The van der Waals surface area contributed by atoms with Gasteiger partial charge in [0.1, 0.15) is 5.69 Å². The molecule has 0 aliphatic carbocycles. The molecule has 0 saturated heterocycles. The minimum atomic E-state index is -0.271. The van der Waals surface area contributed by atoms with Crippen molar-refractivity contribution >= 4 is 22.7 Å². The van der Waals surface area contributed by atoms with Crippen LogP contribution in [0.15, 0.2) is 89.7 Å². The molecule has 150 valence electrons. The molecule has 1 N–H and O–H groups in total. The number of aromatic nitrogens is 3. The van der Waals surface area contributed by atoms with Crippen LogP contribution in [-0.2, 0) is 0 Å². The Bertz CT molecular complexity index is 1360. The van der Waals surface area contributed by atoms with Crippen molar-refractivity contribution in [2.24, 2.45) is 0 Å². The molecular formula is C25H18N4O2. The Kier molecular flexibility index (Phi) is 4.72. The van der Waals surface area contributed by atoms with Gasteiger partial charge < -0.3 is 9.84 Å². The van der Waals surface area contributed by atoms with E-state index in [0.717, 1.165) is 16.7 Å². The highest BCUT2D eigenvalue weighted by Crippen LogP contribution is 2.33. The van der Waals surface area contributed by atoms with Crippen molar-refractivity contribution in [1.29, 1.82) is 0 Å². The third-order valence-electron chi connectivity index (χ3n) is 5.02. The number of carbonyl (C=O) groups is 1. The van der Waals surface area contributed by atoms with Gasteiger partial charge in [0.05, 0.1) is 16.6 Å². The number of benzene rings is 2. The number of hydrogen-bond donors (Lipinski definition) is 1. The highest BCUT2D eigenvalue weighted by atomic mass is 16.5. The Hall–Kier alpha value is -4.32. The Morgan fingerprint density at radius 3 is 2.39 bits per heavy atom. The average molecular weight is 406 g/mol. The monoisotopic (exact) mass is 406 g/mol. The average Bonchev–Trinajstić information content (AvgIpc) is 3.24. The maximum atomic E-state index is 13.3. The third kappa shape index (κ3) is 3.67. The lowest BCUT2D eigenvalue weighted by Gasteiger charge is -2.09. The zero-order valence-electron chi connectivity index (χ0n) is 16.7. The molecule has 0 radical (unpaired) electrons. The van der Waals surface area contributed by atoms with Gasteiger partial charge in [0.15, 0.2) is 0 Å². The van der Waals surface area contributed by atoms with E-state index in [4.69, 9.17) is 4.52 Å². The highest BCUT2D eigenvalue weighted by Gasteiger charge is 2.22. The predicted molar refractivity (Wildman–Crippen MR) is 120 cm³/mol. The van der Waals surface area contributed by atoms with Crippen molar-refractivity contribution in [2.75, 3.05) is 5.32 Å². The molecule has 0 bridgehead atoms. The van der Waals surface area contributed by atoms with E-state index in [-0.39, 0.29) is 5.91 Å². The summed E-state index contributed by atoms with van der Waals surface area (Å²) in [5, 5.41) is 7.76. The van der Waals surface area contributed by atoms with Gasteiger partial charge in [-0.2, -0.15) is 0 Å². The number of carbonyl (C=O) groups excluding carboxylic acids is 1. The highest BCUT2D eigenvalue weighted by molar-refractivity contribution is 6.15. The van der Waals surface area contributed by atoms with Crippen LogP contribution in [0.3, 0.4) is 0 Å². The third-order valence-corrected chi connectivity index (χ3v) is 5.02. The number of anilines is 1. The van der Waals surface area contributed by atoms with Crippen molar-refractivity contribution in [2.45, 2.75) is 6.92 Å². The van der Waals surface area contributed by atoms with Crippen LogP contribution in [0.5, 0.6) is 0 Å². The number of aryl methyl sites for hydroxylation is 1. The summed E-state index contributed by atoms with van der Waals surface area (Å²) in [7, 11) is 0. The fourth-order valence-electron chi connectivity index (χ4n) is 3.43. The van der Waals surface area contributed by atoms with E-state index in [1.54, 1.807) is 30.6 Å². The number of fused-ring (bicyclic) bond motifs is 1. The first kappa shape index (κ1) is 18.7. The van der Waals surface area contributed by atoms with Crippen molar-refractivity contribution in [3.05, 3.63) is 96.3 Å². The molecule has 6 nitrogen and oxygen atoms in total. The van der Waals surface area contributed by atoms with E-state index in [1.165, 1.54) is 0 Å². The van der Waals surface area contributed by atoms with Crippen molar-refractivity contribution in [1.82, 2.24) is 15.1 Å². The minimum absolute atomic E-state index is 0.271. The SMILES string of the molecule is Cc1ccc(-c2noc3nc(-c4ccccc4)cc(C(=O)Nc4ccncc4)c23)cc1. The Morgan fingerprint density at radius 2 is 1.65 bits per heavy atom. The van der Waals surface area contributed by atoms with Crippen molar-refractivity contribution in [3.8, 4) is 22.5 Å². The van der Waals surface area contributed by atoms with Gasteiger partial charge in [-0.05, 0) is 25.1 Å². The zero-order valence-corrected chi connectivity index (χ0v) is 16.7. The summed E-state index contributed by atoms with van der Waals surface area (Å²) in [5.41, 5.74) is 5.51. The fourth-order valence-corrected chi connectivity index (χ4v) is 3.43. The molecular weight excluding hydrogens is 388 g/mol. The van der Waals surface area contributed by atoms with Crippen molar-refractivity contribution in [3.63, 3.8) is 0 Å². The first-order valence-corrected chi connectivity index (χ1v) is 9.83. The molecule has 0 saturated carbocycles. The molecule has 0 aliphatic rings. The molecule has 31 heavy (non-hydrogen) atoms. The standard InChI is InChI=1S/C25H18N4O2/c1-16-7-9-18(10-8-16)23-22-20(24(30)27-19-11-13-26-14-12-19)15-21(28-25(22)31-29-23)17-5-3-2-4-6-17/h2-15H,1H3,(H,26,27,30). The molecule has 3 aromatic heterocycles. The second-order valence-corrected chi connectivity index (χ2v) is 7.19. The fraction of sp³-hybridized carbons (Fsp3) is 0.0400. The lowest BCUT2D eigenvalue weighted by atomic mass is 10.0. The number of nitrogens with zero attached hydrogens (tertiary/aromatic N) is 3. The molecule has 0 spiro atoms. The Balaban J connectivity index is 1.69. The zero-order chi connectivity index (χ0) is 21.2. The van der Waals surface area contributed by atoms with Crippen LogP contribution < -0.4 is 5.32 Å². The van der Waals surface area contributed by atoms with E-state index in [2.05, 4.69) is 20.4 Å². The topological polar surface area (TPSA) is 80.9 Å². The lowest BCUT2D eigenvalue weighted by molar-refractivity contribution is 0.102. The summed E-state index contributed by atoms with van der Waals surface area (Å²) >= 11 is 0. The summed E-state index contributed by atoms with van der Waals surface area (Å²) in [5.74, 6) is -0.271. The summed E-state index contributed by atoms with van der Waals surface area (Å²) in [4.78, 5) is 22.0. The Morgan fingerprint density at radius 1 is 0.903 bits per heavy atom. The van der Waals surface area contributed by atoms with Crippen LogP contribution in [0.25, 0.3) is 33.6 Å². The predicted octanol–water partition coefficient (Wildman–Crippen LogP) is 5.51. The van der Waals surface area contributed by atoms with Crippen LogP contribution in [0.1, 0.15) is 15.9 Å². The van der Waals surface area contributed by atoms with Gasteiger partial charge in [0, 0.05) is 29.2 Å². The number of rotatable bonds is 4. The molecule has 2 aromatic carbocycles. The maximum absolute atomic E-state index is 13.3. The minimum Gasteiger partial charge on any atom is -0.335 e. The summed E-state index contributed by atoms with van der Waals surface area (Å²) in [6, 6.07) is 22.8. The summed E-state index contributed by atoms with van der Waals surface area (Å²) in [6.07, 6.45) is 3.26. The molecule has 0 aliphatic heterocycles. The summed E-state index contributed by atoms with van der Waals surface area (Å²) in [6.45, 7) is 2.02. The van der Waals surface area contributed by atoms with E-state index in [1.807, 2.05) is 61.5 Å². The number of amides is 1. The molecule has 1 amide bonds. The smallest absolute Gasteiger partial charge is 0.259 e. The van der Waals surface area contributed by atoms with Gasteiger partial charge in [-0.25, -0.2) is 4.98 Å². The van der Waals surface area contributed by atoms with E-state index in [0.29, 0.717) is 33.7 Å². The van der Waals surface area contributed by atoms with Gasteiger partial charge >= 0.3 is 0 Å². The van der Waals surface area contributed by atoms with Crippen molar-refractivity contribution < 1.29 is 9.32 Å². The first-order chi connectivity index (χ1) is 15.2. The van der Waals surface area contributed by atoms with Crippen LogP contribution >= 0.6 is 0 Å². The molecule has 5 aromatic rings. The lowest BCUT2D eigenvalue weighted by Crippen LogP contribution is -2.13. The van der Waals surface area contributed by atoms with E-state index in [9.17, 15) is 4.79 Å². The van der Waals surface area contributed by atoms with Crippen LogP contribution in [0, 0.1) is 6.92 Å². The van der Waals surface area contributed by atoms with Crippen LogP contribution in [-0.4, -0.2) is 21.0 Å². The van der Waals surface area contributed by atoms with Gasteiger partial charge in [-0.1, -0.05) is 65.3 Å². The number of pyridine rings is 2. The van der Waals surface area contributed by atoms with Gasteiger partial charge in [0.2, 0.25) is 0 Å². The van der Waals surface area contributed by atoms with Gasteiger partial charge in [0.25, 0.3) is 11.6 Å². The molecule has 0 fully saturated rings. The molecule has 0 unspecified atom stereocenters. The van der Waals surface area contributed by atoms with E-state index < -0.39 is 0 Å². The van der Waals surface area contributed by atoms with Gasteiger partial charge in [-0.15, -0.1) is 0 Å². The molecule has 6 heteroatoms. The molecule has 0 atom stereocenters. The molecule has 3 heterocycles. The first-order valence-electron chi connectivity index (χ1n) is 9.83. The second-order valence-electron chi connectivity index (χ2n) is 7.19. The number of hydrogen-bond acceptors (Lipinski definition) is 5. The second kappa shape index (κ2) is 7.84. The van der Waals surface area contributed by atoms with Crippen LogP contribution in [0.4, 0.5) is 5.69 Å². The van der Waals surface area contributed by atoms with E-state index >= 15 is 0 Å². The van der Waals surface area contributed by atoms with Gasteiger partial charge in [-0.3, -0.25) is 9.78 Å². The number of nitrogens with one attached hydrogen (secondary N) is 1. The largest absolute Gasteiger partial charge is 0.335 e. The quantitative estimate of drug-likeness (QED) is 0.425. The maximum Gasteiger partial charge on any atom is 0.259 e.